The van der Waals surface area contributed by atoms with E-state index in [0.717, 1.165) is 22.6 Å². The number of carbonyl (C=O) groups excluding carboxylic acids is 1. The van der Waals surface area contributed by atoms with Crippen LogP contribution in [0.15, 0.2) is 77.8 Å². The molecule has 2 heterocycles. The summed E-state index contributed by atoms with van der Waals surface area (Å²) in [5, 5.41) is 9.71. The molecule has 3 aromatic carbocycles. The van der Waals surface area contributed by atoms with Gasteiger partial charge in [-0.3, -0.25) is 20.3 Å². The van der Waals surface area contributed by atoms with Gasteiger partial charge in [-0.25, -0.2) is 9.38 Å². The number of rotatable bonds is 6. The molecule has 1 aliphatic rings. The summed E-state index contributed by atoms with van der Waals surface area (Å²) < 4.78 is 18.5. The van der Waals surface area contributed by atoms with Crippen LogP contribution in [0, 0.1) is 5.82 Å². The molecule has 5 rings (SSSR count). The number of ether oxygens (including phenoxy) is 1. The van der Waals surface area contributed by atoms with Gasteiger partial charge < -0.3 is 4.74 Å². The first-order valence-electron chi connectivity index (χ1n) is 11.0. The Labute approximate surface area is 225 Å². The minimum atomic E-state index is -0.347. The third kappa shape index (κ3) is 4.93. The molecule has 0 aliphatic carbocycles. The highest BCUT2D eigenvalue weighted by Crippen LogP contribution is 2.42. The second kappa shape index (κ2) is 10.3. The molecule has 1 atom stereocenters. The van der Waals surface area contributed by atoms with E-state index >= 15 is 0 Å². The van der Waals surface area contributed by atoms with Gasteiger partial charge in [-0.15, -0.1) is 0 Å². The molecule has 36 heavy (non-hydrogen) atoms. The van der Waals surface area contributed by atoms with Crippen molar-refractivity contribution in [2.45, 2.75) is 10.5 Å². The maximum absolute atomic E-state index is 13.5. The molecule has 0 saturated heterocycles. The maximum Gasteiger partial charge on any atom is 0.269 e. The van der Waals surface area contributed by atoms with Crippen molar-refractivity contribution in [1.82, 2.24) is 20.6 Å². The fourth-order valence-corrected chi connectivity index (χ4v) is 4.98. The molecule has 182 valence electrons. The first-order chi connectivity index (χ1) is 17.4. The average Bonchev–Trinajstić information content (AvgIpc) is 3.31. The zero-order valence-electron chi connectivity index (χ0n) is 19.0. The van der Waals surface area contributed by atoms with E-state index in [4.69, 9.17) is 21.3 Å². The highest BCUT2D eigenvalue weighted by Gasteiger charge is 2.33. The predicted molar refractivity (Wildman–Crippen MR) is 145 cm³/mol. The van der Waals surface area contributed by atoms with E-state index in [1.807, 2.05) is 24.3 Å². The Balaban J connectivity index is 1.55. The molecule has 7 nitrogen and oxygen atoms in total. The standard InChI is InChI=1S/C26H20ClFIN5O2/c1-36-20-7-2-4-15(12-20)13-21-30-23-22(16-8-10-19(28)11-9-16)31-32-24(23)25(29)34(21)33-26(35)17-5-3-6-18(27)14-17/h2-12,14,25H,13H2,1H3,(H,31,32)(H,33,35). The van der Waals surface area contributed by atoms with Crippen LogP contribution in [-0.4, -0.2) is 34.1 Å². The number of fused-ring (bicyclic) bond motifs is 1. The zero-order chi connectivity index (χ0) is 25.2. The second-order valence-electron chi connectivity index (χ2n) is 8.05. The number of aromatic amines is 1. The molecule has 10 heteroatoms. The number of methoxy groups -OCH3 is 1. The lowest BCUT2D eigenvalue weighted by Gasteiger charge is -2.33. The summed E-state index contributed by atoms with van der Waals surface area (Å²) in [4.78, 5) is 18.0. The summed E-state index contributed by atoms with van der Waals surface area (Å²) in [6, 6.07) is 20.5. The van der Waals surface area contributed by atoms with Crippen LogP contribution in [0.3, 0.4) is 0 Å². The Hall–Kier alpha value is -3.44. The monoisotopic (exact) mass is 615 g/mol. The highest BCUT2D eigenvalue weighted by molar-refractivity contribution is 14.1. The Kier molecular flexibility index (Phi) is 6.92. The van der Waals surface area contributed by atoms with Gasteiger partial charge in [-0.2, -0.15) is 5.10 Å². The first kappa shape index (κ1) is 24.3. The highest BCUT2D eigenvalue weighted by atomic mass is 127. The Morgan fingerprint density at radius 2 is 1.94 bits per heavy atom. The van der Waals surface area contributed by atoms with Gasteiger partial charge in [0.25, 0.3) is 5.91 Å². The van der Waals surface area contributed by atoms with Gasteiger partial charge in [0, 0.05) is 22.6 Å². The van der Waals surface area contributed by atoms with Crippen molar-refractivity contribution in [3.05, 3.63) is 100 Å². The number of aliphatic imine (C=N–C) groups is 1. The van der Waals surface area contributed by atoms with E-state index in [-0.39, 0.29) is 15.8 Å². The lowest BCUT2D eigenvalue weighted by atomic mass is 10.1. The van der Waals surface area contributed by atoms with Crippen LogP contribution in [0.5, 0.6) is 5.75 Å². The molecule has 0 radical (unpaired) electrons. The molecule has 1 aliphatic heterocycles. The number of H-pyrrole nitrogens is 1. The normalized spacial score (nSPS) is 14.7. The topological polar surface area (TPSA) is 82.6 Å². The molecule has 1 amide bonds. The quantitative estimate of drug-likeness (QED) is 0.153. The smallest absolute Gasteiger partial charge is 0.269 e. The van der Waals surface area contributed by atoms with Crippen LogP contribution in [-0.2, 0) is 6.42 Å². The lowest BCUT2D eigenvalue weighted by molar-refractivity contribution is 0.0862. The minimum absolute atomic E-state index is 0.320. The van der Waals surface area contributed by atoms with Crippen molar-refractivity contribution in [1.29, 1.82) is 0 Å². The van der Waals surface area contributed by atoms with Crippen molar-refractivity contribution < 1.29 is 13.9 Å². The number of carbonyl (C=O) groups is 1. The molecule has 1 aromatic heterocycles. The van der Waals surface area contributed by atoms with Crippen LogP contribution >= 0.6 is 34.2 Å². The maximum atomic E-state index is 13.5. The van der Waals surface area contributed by atoms with E-state index < -0.39 is 0 Å². The summed E-state index contributed by atoms with van der Waals surface area (Å²) in [6.45, 7) is 0. The van der Waals surface area contributed by atoms with Crippen LogP contribution in [0.1, 0.15) is 25.7 Å². The Morgan fingerprint density at radius 1 is 1.17 bits per heavy atom. The fraction of sp³-hybridized carbons (Fsp3) is 0.115. The summed E-state index contributed by atoms with van der Waals surface area (Å²) in [7, 11) is 1.61. The third-order valence-electron chi connectivity index (χ3n) is 5.67. The Morgan fingerprint density at radius 3 is 2.69 bits per heavy atom. The SMILES string of the molecule is COc1cccc(CC2=Nc3c(-c4ccc(F)cc4)n[nH]c3C(I)N2NC(=O)c2cccc(Cl)c2)c1. The molecule has 0 spiro atoms. The number of nitrogens with zero attached hydrogens (tertiary/aromatic N) is 3. The van der Waals surface area contributed by atoms with Crippen molar-refractivity contribution in [3.63, 3.8) is 0 Å². The molecule has 1 unspecified atom stereocenters. The average molecular weight is 616 g/mol. The van der Waals surface area contributed by atoms with Gasteiger partial charge in [0.05, 0.1) is 12.8 Å². The molecule has 2 N–H and O–H groups in total. The van der Waals surface area contributed by atoms with Gasteiger partial charge >= 0.3 is 0 Å². The number of hydrogen-bond donors (Lipinski definition) is 2. The van der Waals surface area contributed by atoms with E-state index in [1.54, 1.807) is 48.5 Å². The predicted octanol–water partition coefficient (Wildman–Crippen LogP) is 6.24. The molecule has 0 fully saturated rings. The Bertz CT molecular complexity index is 1460. The second-order valence-corrected chi connectivity index (χ2v) is 9.67. The van der Waals surface area contributed by atoms with Crippen molar-refractivity contribution in [2.24, 2.45) is 4.99 Å². The van der Waals surface area contributed by atoms with Crippen molar-refractivity contribution in [2.75, 3.05) is 7.11 Å². The van der Waals surface area contributed by atoms with Gasteiger partial charge in [0.1, 0.15) is 32.8 Å². The number of nitrogens with one attached hydrogen (secondary N) is 2. The molecule has 0 bridgehead atoms. The summed E-state index contributed by atoms with van der Waals surface area (Å²) in [6.07, 6.45) is 0.417. The van der Waals surface area contributed by atoms with E-state index in [9.17, 15) is 9.18 Å². The number of amides is 1. The fourth-order valence-electron chi connectivity index (χ4n) is 3.90. The molecular formula is C26H20ClFIN5O2. The molecule has 0 saturated carbocycles. The van der Waals surface area contributed by atoms with Gasteiger partial charge in [0.2, 0.25) is 0 Å². The van der Waals surface area contributed by atoms with E-state index in [1.165, 1.54) is 12.1 Å². The summed E-state index contributed by atoms with van der Waals surface area (Å²) in [5.74, 6) is 0.682. The molecular weight excluding hydrogens is 596 g/mol. The molecule has 4 aromatic rings. The van der Waals surface area contributed by atoms with Crippen molar-refractivity contribution in [3.8, 4) is 17.0 Å². The van der Waals surface area contributed by atoms with Gasteiger partial charge in [-0.1, -0.05) is 29.8 Å². The number of hydrogen-bond acceptors (Lipinski definition) is 5. The van der Waals surface area contributed by atoms with Crippen LogP contribution in [0.25, 0.3) is 11.3 Å². The number of halogens is 3. The van der Waals surface area contributed by atoms with E-state index in [2.05, 4.69) is 38.2 Å². The number of amidine groups is 1. The number of alkyl halides is 1. The number of benzene rings is 3. The van der Waals surface area contributed by atoms with E-state index in [0.29, 0.717) is 34.2 Å². The van der Waals surface area contributed by atoms with Crippen molar-refractivity contribution >= 4 is 51.6 Å². The minimum Gasteiger partial charge on any atom is -0.497 e. The summed E-state index contributed by atoms with van der Waals surface area (Å²) in [5.41, 5.74) is 7.06. The third-order valence-corrected chi connectivity index (χ3v) is 7.09. The summed E-state index contributed by atoms with van der Waals surface area (Å²) >= 11 is 8.32. The van der Waals surface area contributed by atoms with Crippen LogP contribution < -0.4 is 10.2 Å². The first-order valence-corrected chi connectivity index (χ1v) is 12.6. The zero-order valence-corrected chi connectivity index (χ0v) is 21.9. The largest absolute Gasteiger partial charge is 0.497 e. The van der Waals surface area contributed by atoms with Crippen LogP contribution in [0.4, 0.5) is 10.1 Å². The van der Waals surface area contributed by atoms with Gasteiger partial charge in [-0.05, 0) is 82.8 Å². The number of aromatic nitrogens is 2. The lowest BCUT2D eigenvalue weighted by Crippen LogP contribution is -2.48. The number of hydrazine groups is 1. The van der Waals surface area contributed by atoms with Gasteiger partial charge in [0.15, 0.2) is 0 Å². The van der Waals surface area contributed by atoms with Crippen LogP contribution in [0.2, 0.25) is 5.02 Å².